The lowest BCUT2D eigenvalue weighted by Crippen LogP contribution is -2.29. The van der Waals surface area contributed by atoms with Crippen LogP contribution in [0.25, 0.3) is 0 Å². The van der Waals surface area contributed by atoms with Gasteiger partial charge in [-0.15, -0.1) is 10.2 Å². The summed E-state index contributed by atoms with van der Waals surface area (Å²) in [7, 11) is 0. The average molecular weight is 417 g/mol. The van der Waals surface area contributed by atoms with Crippen molar-refractivity contribution in [3.8, 4) is 0 Å². The Hall–Kier alpha value is -2.90. The number of nitrogens with one attached hydrogen (secondary N) is 3. The molecule has 3 aromatic rings. The lowest BCUT2D eigenvalue weighted by atomic mass is 10.2. The number of carbonyl (C=O) groups is 1. The summed E-state index contributed by atoms with van der Waals surface area (Å²) >= 11 is 11.9. The van der Waals surface area contributed by atoms with Gasteiger partial charge in [-0.3, -0.25) is 4.79 Å². The highest BCUT2D eigenvalue weighted by Crippen LogP contribution is 2.20. The molecular weight excluding hydrogens is 399 g/mol. The summed E-state index contributed by atoms with van der Waals surface area (Å²) in [4.78, 5) is 16.4. The first-order chi connectivity index (χ1) is 13.5. The van der Waals surface area contributed by atoms with Crippen LogP contribution >= 0.6 is 23.2 Å². The average Bonchev–Trinajstić information content (AvgIpc) is 2.68. The number of aromatic nitrogens is 3. The molecule has 28 heavy (non-hydrogen) atoms. The first kappa shape index (κ1) is 19.9. The predicted molar refractivity (Wildman–Crippen MR) is 112 cm³/mol. The van der Waals surface area contributed by atoms with Crippen LogP contribution in [0.4, 0.5) is 17.5 Å². The molecule has 0 saturated carbocycles. The standard InChI is InChI=1S/C19H18Cl2N6O/c1-12-6-7-22-18(10-12)25-17-5-4-16(26-27-17)23-8-9-24-19(28)14-11-13(20)2-3-15(14)21/h2-7,10-11H,8-9H2,1H3,(H,23,26)(H,24,28)(H,22,25,27). The summed E-state index contributed by atoms with van der Waals surface area (Å²) in [5, 5.41) is 18.0. The van der Waals surface area contributed by atoms with Crippen molar-refractivity contribution in [2.75, 3.05) is 23.7 Å². The maximum Gasteiger partial charge on any atom is 0.252 e. The van der Waals surface area contributed by atoms with E-state index in [2.05, 4.69) is 31.1 Å². The Bertz CT molecular complexity index is 965. The molecule has 3 N–H and O–H groups in total. The number of rotatable bonds is 7. The second kappa shape index (κ2) is 9.34. The number of pyridine rings is 1. The summed E-state index contributed by atoms with van der Waals surface area (Å²) in [5.74, 6) is 1.60. The highest BCUT2D eigenvalue weighted by Gasteiger charge is 2.10. The van der Waals surface area contributed by atoms with Gasteiger partial charge < -0.3 is 16.0 Å². The maximum atomic E-state index is 12.1. The minimum absolute atomic E-state index is 0.286. The van der Waals surface area contributed by atoms with Gasteiger partial charge in [0.1, 0.15) is 11.6 Å². The molecule has 144 valence electrons. The van der Waals surface area contributed by atoms with E-state index >= 15 is 0 Å². The highest BCUT2D eigenvalue weighted by atomic mass is 35.5. The first-order valence-electron chi connectivity index (χ1n) is 8.52. The van der Waals surface area contributed by atoms with E-state index in [0.29, 0.717) is 46.2 Å². The lowest BCUT2D eigenvalue weighted by Gasteiger charge is -2.09. The Morgan fingerprint density at radius 3 is 2.50 bits per heavy atom. The Kier molecular flexibility index (Phi) is 6.62. The van der Waals surface area contributed by atoms with Crippen LogP contribution in [0.3, 0.4) is 0 Å². The van der Waals surface area contributed by atoms with Crippen LogP contribution < -0.4 is 16.0 Å². The molecule has 3 rings (SSSR count). The molecule has 0 aliphatic rings. The van der Waals surface area contributed by atoms with Crippen molar-refractivity contribution < 1.29 is 4.79 Å². The number of amides is 1. The minimum Gasteiger partial charge on any atom is -0.367 e. The summed E-state index contributed by atoms with van der Waals surface area (Å²) in [6.07, 6.45) is 1.73. The second-order valence-electron chi connectivity index (χ2n) is 5.95. The molecule has 9 heteroatoms. The van der Waals surface area contributed by atoms with Gasteiger partial charge in [-0.2, -0.15) is 0 Å². The maximum absolute atomic E-state index is 12.1. The molecular formula is C19H18Cl2N6O. The van der Waals surface area contributed by atoms with E-state index in [-0.39, 0.29) is 5.91 Å². The monoisotopic (exact) mass is 416 g/mol. The molecule has 0 unspecified atom stereocenters. The molecule has 0 bridgehead atoms. The SMILES string of the molecule is Cc1ccnc(Nc2ccc(NCCNC(=O)c3cc(Cl)ccc3Cl)nn2)c1. The zero-order valence-electron chi connectivity index (χ0n) is 15.0. The smallest absolute Gasteiger partial charge is 0.252 e. The molecule has 0 saturated heterocycles. The quantitative estimate of drug-likeness (QED) is 0.502. The first-order valence-corrected chi connectivity index (χ1v) is 9.27. The minimum atomic E-state index is -0.286. The Labute approximate surface area is 172 Å². The molecule has 0 radical (unpaired) electrons. The predicted octanol–water partition coefficient (Wildman–Crippen LogP) is 4.07. The Morgan fingerprint density at radius 2 is 1.75 bits per heavy atom. The second-order valence-corrected chi connectivity index (χ2v) is 6.80. The zero-order valence-corrected chi connectivity index (χ0v) is 16.6. The number of hydrogen-bond acceptors (Lipinski definition) is 6. The van der Waals surface area contributed by atoms with E-state index in [9.17, 15) is 4.79 Å². The van der Waals surface area contributed by atoms with E-state index < -0.39 is 0 Å². The summed E-state index contributed by atoms with van der Waals surface area (Å²) in [6.45, 7) is 2.85. The van der Waals surface area contributed by atoms with Crippen molar-refractivity contribution in [3.63, 3.8) is 0 Å². The number of benzene rings is 1. The van der Waals surface area contributed by atoms with Crippen LogP contribution in [-0.2, 0) is 0 Å². The van der Waals surface area contributed by atoms with Gasteiger partial charge in [-0.05, 0) is 55.0 Å². The van der Waals surface area contributed by atoms with E-state index in [4.69, 9.17) is 23.2 Å². The van der Waals surface area contributed by atoms with Crippen molar-refractivity contribution in [1.29, 1.82) is 0 Å². The fourth-order valence-electron chi connectivity index (χ4n) is 2.36. The van der Waals surface area contributed by atoms with Crippen LogP contribution in [-0.4, -0.2) is 34.2 Å². The number of halogens is 2. The van der Waals surface area contributed by atoms with Gasteiger partial charge in [0.05, 0.1) is 10.6 Å². The molecule has 0 aliphatic heterocycles. The summed E-state index contributed by atoms with van der Waals surface area (Å²) in [6, 6.07) is 12.2. The third-order valence-electron chi connectivity index (χ3n) is 3.73. The third kappa shape index (κ3) is 5.55. The molecule has 0 atom stereocenters. The van der Waals surface area contributed by atoms with Gasteiger partial charge in [-0.1, -0.05) is 23.2 Å². The summed E-state index contributed by atoms with van der Waals surface area (Å²) in [5.41, 5.74) is 1.44. The van der Waals surface area contributed by atoms with Gasteiger partial charge in [0, 0.05) is 24.3 Å². The van der Waals surface area contributed by atoms with E-state index in [0.717, 1.165) is 5.56 Å². The number of anilines is 3. The largest absolute Gasteiger partial charge is 0.367 e. The Morgan fingerprint density at radius 1 is 0.964 bits per heavy atom. The van der Waals surface area contributed by atoms with Gasteiger partial charge in [0.25, 0.3) is 5.91 Å². The van der Waals surface area contributed by atoms with Gasteiger partial charge in [0.2, 0.25) is 0 Å². The van der Waals surface area contributed by atoms with Gasteiger partial charge >= 0.3 is 0 Å². The van der Waals surface area contributed by atoms with Gasteiger partial charge in [0.15, 0.2) is 5.82 Å². The lowest BCUT2D eigenvalue weighted by molar-refractivity contribution is 0.0955. The molecule has 2 heterocycles. The van der Waals surface area contributed by atoms with Crippen molar-refractivity contribution in [2.45, 2.75) is 6.92 Å². The van der Waals surface area contributed by atoms with Crippen LogP contribution in [0.2, 0.25) is 10.0 Å². The number of carbonyl (C=O) groups excluding carboxylic acids is 1. The molecule has 0 spiro atoms. The fourth-order valence-corrected chi connectivity index (χ4v) is 2.74. The van der Waals surface area contributed by atoms with Crippen molar-refractivity contribution in [1.82, 2.24) is 20.5 Å². The van der Waals surface area contributed by atoms with Crippen LogP contribution in [0.5, 0.6) is 0 Å². The number of aryl methyl sites for hydroxylation is 1. The normalized spacial score (nSPS) is 10.4. The molecule has 7 nitrogen and oxygen atoms in total. The van der Waals surface area contributed by atoms with Gasteiger partial charge in [-0.25, -0.2) is 4.98 Å². The third-order valence-corrected chi connectivity index (χ3v) is 4.29. The zero-order chi connectivity index (χ0) is 19.9. The van der Waals surface area contributed by atoms with Crippen molar-refractivity contribution >= 4 is 46.6 Å². The fraction of sp³-hybridized carbons (Fsp3) is 0.158. The van der Waals surface area contributed by atoms with Crippen LogP contribution in [0.15, 0.2) is 48.7 Å². The molecule has 1 amide bonds. The summed E-state index contributed by atoms with van der Waals surface area (Å²) < 4.78 is 0. The molecule has 1 aromatic carbocycles. The highest BCUT2D eigenvalue weighted by molar-refractivity contribution is 6.35. The van der Waals surface area contributed by atoms with Crippen LogP contribution in [0.1, 0.15) is 15.9 Å². The van der Waals surface area contributed by atoms with E-state index in [1.807, 2.05) is 19.1 Å². The Balaban J connectivity index is 1.46. The van der Waals surface area contributed by atoms with E-state index in [1.54, 1.807) is 30.5 Å². The van der Waals surface area contributed by atoms with Crippen molar-refractivity contribution in [3.05, 3.63) is 69.8 Å². The topological polar surface area (TPSA) is 91.8 Å². The van der Waals surface area contributed by atoms with Crippen molar-refractivity contribution in [2.24, 2.45) is 0 Å². The molecule has 0 fully saturated rings. The molecule has 2 aromatic heterocycles. The van der Waals surface area contributed by atoms with E-state index in [1.165, 1.54) is 6.07 Å². The van der Waals surface area contributed by atoms with Crippen LogP contribution in [0, 0.1) is 6.92 Å². The number of hydrogen-bond donors (Lipinski definition) is 3. The molecule has 0 aliphatic carbocycles. The number of nitrogens with zero attached hydrogens (tertiary/aromatic N) is 3.